The Bertz CT molecular complexity index is 325. The molecular formula is C17H29NO. The van der Waals surface area contributed by atoms with Crippen molar-refractivity contribution in [3.05, 3.63) is 11.8 Å². The predicted molar refractivity (Wildman–Crippen MR) is 78.9 cm³/mol. The van der Waals surface area contributed by atoms with Crippen LogP contribution in [0.25, 0.3) is 0 Å². The zero-order chi connectivity index (χ0) is 13.1. The fourth-order valence-electron chi connectivity index (χ4n) is 4.59. The molecule has 2 heteroatoms. The minimum atomic E-state index is 0.496. The lowest BCUT2D eigenvalue weighted by molar-refractivity contribution is 0.0986. The summed E-state index contributed by atoms with van der Waals surface area (Å²) in [7, 11) is 0. The summed E-state index contributed by atoms with van der Waals surface area (Å²) in [6, 6.07) is 0.496. The molecule has 2 fully saturated rings. The monoisotopic (exact) mass is 263 g/mol. The Morgan fingerprint density at radius 2 is 2.05 bits per heavy atom. The summed E-state index contributed by atoms with van der Waals surface area (Å²) < 4.78 is 5.86. The third-order valence-corrected chi connectivity index (χ3v) is 5.51. The molecule has 0 aromatic heterocycles. The summed E-state index contributed by atoms with van der Waals surface area (Å²) in [5.41, 5.74) is 0. The van der Waals surface area contributed by atoms with Crippen molar-refractivity contribution >= 4 is 0 Å². The molecule has 108 valence electrons. The number of fused-ring (bicyclic) bond motifs is 1. The summed E-state index contributed by atoms with van der Waals surface area (Å²) in [5, 5.41) is 3.70. The molecule has 0 radical (unpaired) electrons. The first kappa shape index (κ1) is 13.5. The summed E-state index contributed by atoms with van der Waals surface area (Å²) in [4.78, 5) is 0. The Morgan fingerprint density at radius 1 is 1.21 bits per heavy atom. The molecule has 0 bridgehead atoms. The van der Waals surface area contributed by atoms with Crippen molar-refractivity contribution in [2.45, 2.75) is 64.3 Å². The zero-order valence-corrected chi connectivity index (χ0v) is 12.4. The first-order chi connectivity index (χ1) is 9.38. The standard InChI is InChI=1S/C17H29NO/c1-2-18-17(16-8-5-11-19-16)15-10-9-13-6-3-4-7-14(13)12-15/h8,13-15,17-18H,2-7,9-12H2,1H3. The van der Waals surface area contributed by atoms with E-state index in [1.807, 2.05) is 0 Å². The van der Waals surface area contributed by atoms with Gasteiger partial charge in [-0.2, -0.15) is 0 Å². The van der Waals surface area contributed by atoms with E-state index in [4.69, 9.17) is 4.74 Å². The molecule has 0 saturated heterocycles. The van der Waals surface area contributed by atoms with Crippen LogP contribution < -0.4 is 5.32 Å². The third-order valence-electron chi connectivity index (χ3n) is 5.51. The minimum absolute atomic E-state index is 0.496. The van der Waals surface area contributed by atoms with Crippen molar-refractivity contribution in [1.29, 1.82) is 0 Å². The van der Waals surface area contributed by atoms with Gasteiger partial charge in [0.25, 0.3) is 0 Å². The highest BCUT2D eigenvalue weighted by molar-refractivity contribution is 5.10. The second-order valence-corrected chi connectivity index (χ2v) is 6.66. The minimum Gasteiger partial charge on any atom is -0.496 e. The van der Waals surface area contributed by atoms with E-state index in [1.54, 1.807) is 0 Å². The molecule has 4 atom stereocenters. The molecule has 3 aliphatic rings. The fourth-order valence-corrected chi connectivity index (χ4v) is 4.59. The molecular weight excluding hydrogens is 234 g/mol. The molecule has 4 unspecified atom stereocenters. The number of rotatable bonds is 4. The van der Waals surface area contributed by atoms with Gasteiger partial charge in [-0.15, -0.1) is 0 Å². The summed E-state index contributed by atoms with van der Waals surface area (Å²) >= 11 is 0. The molecule has 0 amide bonds. The lowest BCUT2D eigenvalue weighted by atomic mass is 9.66. The van der Waals surface area contributed by atoms with Crippen LogP contribution in [-0.4, -0.2) is 19.2 Å². The quantitative estimate of drug-likeness (QED) is 0.831. The highest BCUT2D eigenvalue weighted by atomic mass is 16.5. The largest absolute Gasteiger partial charge is 0.496 e. The highest BCUT2D eigenvalue weighted by Crippen LogP contribution is 2.44. The van der Waals surface area contributed by atoms with Crippen LogP contribution in [0.2, 0.25) is 0 Å². The smallest absolute Gasteiger partial charge is 0.109 e. The summed E-state index contributed by atoms with van der Waals surface area (Å²) in [6.45, 7) is 4.17. The average Bonchev–Trinajstić information content (AvgIpc) is 2.98. The van der Waals surface area contributed by atoms with E-state index in [0.29, 0.717) is 6.04 Å². The average molecular weight is 263 g/mol. The molecule has 1 heterocycles. The van der Waals surface area contributed by atoms with Gasteiger partial charge in [0.15, 0.2) is 0 Å². The van der Waals surface area contributed by atoms with Crippen molar-refractivity contribution in [2.24, 2.45) is 17.8 Å². The molecule has 1 N–H and O–H groups in total. The van der Waals surface area contributed by atoms with Crippen molar-refractivity contribution in [2.75, 3.05) is 13.2 Å². The molecule has 2 nitrogen and oxygen atoms in total. The third kappa shape index (κ3) is 2.99. The molecule has 0 aromatic rings. The number of hydrogen-bond acceptors (Lipinski definition) is 2. The van der Waals surface area contributed by atoms with Crippen LogP contribution in [0.4, 0.5) is 0 Å². The number of nitrogens with one attached hydrogen (secondary N) is 1. The summed E-state index contributed by atoms with van der Waals surface area (Å²) in [6.07, 6.45) is 13.7. The van der Waals surface area contributed by atoms with Crippen LogP contribution in [0, 0.1) is 17.8 Å². The first-order valence-electron chi connectivity index (χ1n) is 8.44. The van der Waals surface area contributed by atoms with Crippen molar-refractivity contribution < 1.29 is 4.74 Å². The number of ether oxygens (including phenoxy) is 1. The van der Waals surface area contributed by atoms with Gasteiger partial charge in [-0.25, -0.2) is 0 Å². The molecule has 2 saturated carbocycles. The van der Waals surface area contributed by atoms with E-state index in [-0.39, 0.29) is 0 Å². The predicted octanol–water partition coefficient (Wildman–Crippen LogP) is 3.88. The molecule has 3 rings (SSSR count). The van der Waals surface area contributed by atoms with Gasteiger partial charge in [0.2, 0.25) is 0 Å². The van der Waals surface area contributed by atoms with Crippen molar-refractivity contribution in [3.63, 3.8) is 0 Å². The van der Waals surface area contributed by atoms with E-state index >= 15 is 0 Å². The molecule has 0 spiro atoms. The van der Waals surface area contributed by atoms with Crippen LogP contribution >= 0.6 is 0 Å². The van der Waals surface area contributed by atoms with Gasteiger partial charge in [0.1, 0.15) is 5.76 Å². The maximum Gasteiger partial charge on any atom is 0.109 e. The molecule has 2 aliphatic carbocycles. The van der Waals surface area contributed by atoms with Gasteiger partial charge >= 0.3 is 0 Å². The topological polar surface area (TPSA) is 21.3 Å². The normalized spacial score (nSPS) is 36.3. The Kier molecular flexibility index (Phi) is 4.47. The fraction of sp³-hybridized carbons (Fsp3) is 0.882. The van der Waals surface area contributed by atoms with E-state index in [2.05, 4.69) is 18.3 Å². The van der Waals surface area contributed by atoms with Gasteiger partial charge in [-0.05, 0) is 49.6 Å². The van der Waals surface area contributed by atoms with Gasteiger partial charge in [-0.1, -0.05) is 32.6 Å². The molecule has 0 aromatic carbocycles. The van der Waals surface area contributed by atoms with Crippen LogP contribution in [0.1, 0.15) is 58.3 Å². The maximum absolute atomic E-state index is 5.86. The maximum atomic E-state index is 5.86. The Morgan fingerprint density at radius 3 is 2.79 bits per heavy atom. The van der Waals surface area contributed by atoms with Gasteiger partial charge in [0, 0.05) is 6.42 Å². The highest BCUT2D eigenvalue weighted by Gasteiger charge is 2.37. The zero-order valence-electron chi connectivity index (χ0n) is 12.4. The van der Waals surface area contributed by atoms with Crippen LogP contribution in [0.5, 0.6) is 0 Å². The Hall–Kier alpha value is -0.500. The van der Waals surface area contributed by atoms with Crippen molar-refractivity contribution in [3.8, 4) is 0 Å². The second kappa shape index (κ2) is 6.30. The van der Waals surface area contributed by atoms with E-state index in [0.717, 1.165) is 37.3 Å². The molecule has 19 heavy (non-hydrogen) atoms. The van der Waals surface area contributed by atoms with Gasteiger partial charge < -0.3 is 10.1 Å². The number of hydrogen-bond donors (Lipinski definition) is 1. The van der Waals surface area contributed by atoms with E-state index in [9.17, 15) is 0 Å². The molecule has 1 aliphatic heterocycles. The summed E-state index contributed by atoms with van der Waals surface area (Å²) in [5.74, 6) is 4.12. The van der Waals surface area contributed by atoms with E-state index < -0.39 is 0 Å². The Balaban J connectivity index is 1.65. The van der Waals surface area contributed by atoms with Crippen LogP contribution in [0.15, 0.2) is 11.8 Å². The van der Waals surface area contributed by atoms with Crippen LogP contribution in [-0.2, 0) is 4.74 Å². The van der Waals surface area contributed by atoms with Gasteiger partial charge in [-0.3, -0.25) is 0 Å². The van der Waals surface area contributed by atoms with E-state index in [1.165, 1.54) is 50.7 Å². The first-order valence-corrected chi connectivity index (χ1v) is 8.44. The Labute approximate surface area is 118 Å². The SMILES string of the molecule is CCNC(C1=CCCO1)C1CCC2CCCCC2C1. The lowest BCUT2D eigenvalue weighted by Crippen LogP contribution is -2.42. The van der Waals surface area contributed by atoms with Crippen LogP contribution in [0.3, 0.4) is 0 Å². The number of likely N-dealkylation sites (N-methyl/N-ethyl adjacent to an activating group) is 1. The second-order valence-electron chi connectivity index (χ2n) is 6.66. The lowest BCUT2D eigenvalue weighted by Gasteiger charge is -2.42. The van der Waals surface area contributed by atoms with Crippen molar-refractivity contribution in [1.82, 2.24) is 5.32 Å². The van der Waals surface area contributed by atoms with Gasteiger partial charge in [0.05, 0.1) is 12.6 Å².